The summed E-state index contributed by atoms with van der Waals surface area (Å²) in [5.74, 6) is 0. The van der Waals surface area contributed by atoms with Gasteiger partial charge >= 0.3 is 0 Å². The second kappa shape index (κ2) is 9.47. The fourth-order valence-electron chi connectivity index (χ4n) is 2.19. The molecule has 1 aliphatic rings. The van der Waals surface area contributed by atoms with Crippen molar-refractivity contribution in [3.05, 3.63) is 24.8 Å². The molecule has 0 aliphatic carbocycles. The fourth-order valence-corrected chi connectivity index (χ4v) is 2.19. The van der Waals surface area contributed by atoms with Gasteiger partial charge in [0.25, 0.3) is 0 Å². The van der Waals surface area contributed by atoms with Crippen molar-refractivity contribution >= 4 is 0 Å². The smallest absolute Gasteiger partial charge is 0.0876 e. The van der Waals surface area contributed by atoms with Crippen LogP contribution in [0, 0.1) is 0 Å². The molecule has 0 aromatic carbocycles. The molecule has 0 amide bonds. The Bertz CT molecular complexity index is 220. The van der Waals surface area contributed by atoms with Gasteiger partial charge in [-0.05, 0) is 19.3 Å². The van der Waals surface area contributed by atoms with E-state index in [0.717, 1.165) is 12.8 Å². The lowest BCUT2D eigenvalue weighted by Gasteiger charge is -1.98. The third-order valence-corrected chi connectivity index (χ3v) is 3.37. The summed E-state index contributed by atoms with van der Waals surface area (Å²) < 4.78 is 5.65. The van der Waals surface area contributed by atoms with E-state index < -0.39 is 0 Å². The number of ether oxygens (including phenoxy) is 1. The maximum absolute atomic E-state index is 5.65. The first-order valence-corrected chi connectivity index (χ1v) is 7.29. The van der Waals surface area contributed by atoms with E-state index in [-0.39, 0.29) is 0 Å². The molecule has 1 heteroatoms. The summed E-state index contributed by atoms with van der Waals surface area (Å²) in [6, 6.07) is 0. The first kappa shape index (κ1) is 14.5. The maximum atomic E-state index is 5.65. The summed E-state index contributed by atoms with van der Waals surface area (Å²) in [7, 11) is 0. The molecule has 1 aliphatic heterocycles. The molecule has 17 heavy (non-hydrogen) atoms. The highest BCUT2D eigenvalue weighted by Crippen LogP contribution is 2.30. The monoisotopic (exact) mass is 236 g/mol. The Morgan fingerprint density at radius 3 is 2.53 bits per heavy atom. The van der Waals surface area contributed by atoms with Gasteiger partial charge in [-0.3, -0.25) is 0 Å². The second-order valence-corrected chi connectivity index (χ2v) is 5.00. The van der Waals surface area contributed by atoms with Crippen molar-refractivity contribution in [2.75, 3.05) is 0 Å². The van der Waals surface area contributed by atoms with E-state index in [9.17, 15) is 0 Å². The van der Waals surface area contributed by atoms with Gasteiger partial charge in [-0.25, -0.2) is 0 Å². The van der Waals surface area contributed by atoms with Crippen LogP contribution in [0.15, 0.2) is 24.8 Å². The fraction of sp³-hybridized carbons (Fsp3) is 0.750. The molecular weight excluding hydrogens is 208 g/mol. The molecule has 2 unspecified atom stereocenters. The van der Waals surface area contributed by atoms with E-state index in [1.807, 2.05) is 6.08 Å². The largest absolute Gasteiger partial charge is 0.369 e. The SMILES string of the molecule is C=CC/C=C\CC1OC1CCCCCCCC. The van der Waals surface area contributed by atoms with Crippen molar-refractivity contribution in [3.8, 4) is 0 Å². The highest BCUT2D eigenvalue weighted by molar-refractivity contribution is 4.95. The van der Waals surface area contributed by atoms with E-state index in [0.29, 0.717) is 12.2 Å². The van der Waals surface area contributed by atoms with Gasteiger partial charge in [0.1, 0.15) is 0 Å². The van der Waals surface area contributed by atoms with Crippen LogP contribution < -0.4 is 0 Å². The molecule has 1 nitrogen and oxygen atoms in total. The zero-order valence-electron chi connectivity index (χ0n) is 11.4. The van der Waals surface area contributed by atoms with E-state index in [1.165, 1.54) is 44.9 Å². The zero-order valence-corrected chi connectivity index (χ0v) is 11.4. The number of hydrogen-bond donors (Lipinski definition) is 0. The average Bonchev–Trinajstić information content (AvgIpc) is 3.08. The summed E-state index contributed by atoms with van der Waals surface area (Å²) in [4.78, 5) is 0. The Hall–Kier alpha value is -0.560. The summed E-state index contributed by atoms with van der Waals surface area (Å²) in [6.45, 7) is 5.96. The summed E-state index contributed by atoms with van der Waals surface area (Å²) >= 11 is 0. The minimum absolute atomic E-state index is 0.520. The molecule has 0 N–H and O–H groups in total. The highest BCUT2D eigenvalue weighted by atomic mass is 16.6. The Balaban J connectivity index is 1.85. The van der Waals surface area contributed by atoms with Crippen molar-refractivity contribution in [2.45, 2.75) is 76.9 Å². The minimum atomic E-state index is 0.520. The molecule has 1 rings (SSSR count). The number of rotatable bonds is 11. The van der Waals surface area contributed by atoms with Crippen LogP contribution in [0.3, 0.4) is 0 Å². The quantitative estimate of drug-likeness (QED) is 0.278. The van der Waals surface area contributed by atoms with Gasteiger partial charge in [-0.15, -0.1) is 6.58 Å². The zero-order chi connectivity index (χ0) is 12.3. The number of unbranched alkanes of at least 4 members (excludes halogenated alkanes) is 5. The normalized spacial score (nSPS) is 23.1. The lowest BCUT2D eigenvalue weighted by Crippen LogP contribution is -1.92. The van der Waals surface area contributed by atoms with Crippen LogP contribution in [0.2, 0.25) is 0 Å². The van der Waals surface area contributed by atoms with Crippen molar-refractivity contribution < 1.29 is 4.74 Å². The van der Waals surface area contributed by atoms with Crippen LogP contribution in [-0.2, 0) is 4.74 Å². The molecule has 0 radical (unpaired) electrons. The van der Waals surface area contributed by atoms with Crippen LogP contribution in [-0.4, -0.2) is 12.2 Å². The van der Waals surface area contributed by atoms with Crippen LogP contribution in [0.25, 0.3) is 0 Å². The van der Waals surface area contributed by atoms with Gasteiger partial charge in [0.15, 0.2) is 0 Å². The van der Waals surface area contributed by atoms with Gasteiger partial charge < -0.3 is 4.74 Å². The molecule has 98 valence electrons. The van der Waals surface area contributed by atoms with Gasteiger partial charge in [0, 0.05) is 0 Å². The first-order valence-electron chi connectivity index (χ1n) is 7.29. The topological polar surface area (TPSA) is 12.5 Å². The molecular formula is C16H28O. The Labute approximate surface area is 107 Å². The molecule has 1 heterocycles. The minimum Gasteiger partial charge on any atom is -0.369 e. The van der Waals surface area contributed by atoms with E-state index in [2.05, 4.69) is 25.7 Å². The number of epoxide rings is 1. The Morgan fingerprint density at radius 1 is 1.00 bits per heavy atom. The van der Waals surface area contributed by atoms with Crippen molar-refractivity contribution in [3.63, 3.8) is 0 Å². The van der Waals surface area contributed by atoms with Gasteiger partial charge in [0.2, 0.25) is 0 Å². The maximum Gasteiger partial charge on any atom is 0.0876 e. The van der Waals surface area contributed by atoms with Crippen molar-refractivity contribution in [1.29, 1.82) is 0 Å². The number of allylic oxidation sites excluding steroid dienone is 2. The molecule has 0 spiro atoms. The Kier molecular flexibility index (Phi) is 8.08. The predicted octanol–water partition coefficient (Wildman–Crippen LogP) is 5.03. The third kappa shape index (κ3) is 7.38. The average molecular weight is 236 g/mol. The third-order valence-electron chi connectivity index (χ3n) is 3.37. The summed E-state index contributed by atoms with van der Waals surface area (Å²) in [5.41, 5.74) is 0. The van der Waals surface area contributed by atoms with Crippen molar-refractivity contribution in [2.24, 2.45) is 0 Å². The van der Waals surface area contributed by atoms with Crippen LogP contribution in [0.1, 0.15) is 64.7 Å². The van der Waals surface area contributed by atoms with E-state index in [1.54, 1.807) is 0 Å². The lowest BCUT2D eigenvalue weighted by atomic mass is 10.1. The summed E-state index contributed by atoms with van der Waals surface area (Å²) in [6.07, 6.45) is 19.1. The van der Waals surface area contributed by atoms with Crippen LogP contribution in [0.5, 0.6) is 0 Å². The molecule has 2 atom stereocenters. The number of hydrogen-bond acceptors (Lipinski definition) is 1. The standard InChI is InChI=1S/C16H28O/c1-3-5-7-9-10-12-14-16-15(17-16)13-11-8-6-4-2/h4,8,11,15-16H,2-3,5-7,9-10,12-14H2,1H3/b11-8-. The second-order valence-electron chi connectivity index (χ2n) is 5.00. The highest BCUT2D eigenvalue weighted by Gasteiger charge is 2.36. The predicted molar refractivity (Wildman–Crippen MR) is 75.2 cm³/mol. The molecule has 0 bridgehead atoms. The molecule has 1 fully saturated rings. The van der Waals surface area contributed by atoms with Crippen LogP contribution >= 0.6 is 0 Å². The molecule has 0 aromatic heterocycles. The van der Waals surface area contributed by atoms with Gasteiger partial charge in [-0.2, -0.15) is 0 Å². The lowest BCUT2D eigenvalue weighted by molar-refractivity contribution is 0.358. The van der Waals surface area contributed by atoms with E-state index >= 15 is 0 Å². The van der Waals surface area contributed by atoms with Gasteiger partial charge in [0.05, 0.1) is 12.2 Å². The first-order chi connectivity index (χ1) is 8.38. The molecule has 0 saturated carbocycles. The molecule has 0 aromatic rings. The Morgan fingerprint density at radius 2 is 1.76 bits per heavy atom. The van der Waals surface area contributed by atoms with Crippen molar-refractivity contribution in [1.82, 2.24) is 0 Å². The van der Waals surface area contributed by atoms with E-state index in [4.69, 9.17) is 4.74 Å². The molecule has 1 saturated heterocycles. The van der Waals surface area contributed by atoms with Gasteiger partial charge in [-0.1, -0.05) is 63.7 Å². The summed E-state index contributed by atoms with van der Waals surface area (Å²) in [5, 5.41) is 0. The van der Waals surface area contributed by atoms with Crippen LogP contribution in [0.4, 0.5) is 0 Å².